The average molecular weight is 347 g/mol. The molecule has 0 aliphatic heterocycles. The third-order valence-corrected chi connectivity index (χ3v) is 3.34. The Hall–Kier alpha value is -2.77. The number of nitrogens with two attached hydrogens (primary N) is 3. The summed E-state index contributed by atoms with van der Waals surface area (Å²) < 4.78 is 5.61. The van der Waals surface area contributed by atoms with Gasteiger partial charge in [0.15, 0.2) is 11.9 Å². The van der Waals surface area contributed by atoms with Crippen molar-refractivity contribution in [2.75, 3.05) is 26.2 Å². The van der Waals surface area contributed by atoms with Crippen molar-refractivity contribution in [2.24, 2.45) is 27.2 Å². The molecule has 0 atom stereocenters. The predicted octanol–water partition coefficient (Wildman–Crippen LogP) is 0.801. The molecule has 0 aliphatic rings. The molecule has 0 saturated carbocycles. The van der Waals surface area contributed by atoms with Crippen LogP contribution in [0.5, 0.6) is 5.75 Å². The van der Waals surface area contributed by atoms with Crippen molar-refractivity contribution in [1.29, 1.82) is 5.41 Å². The molecule has 0 fully saturated rings. The number of unbranched alkanes of at least 4 members (excludes halogenated alkanes) is 2. The molecule has 138 valence electrons. The summed E-state index contributed by atoms with van der Waals surface area (Å²) in [6, 6.07) is 7.40. The minimum Gasteiger partial charge on any atom is -0.494 e. The molecule has 0 amide bonds. The molecule has 0 spiro atoms. The number of nitrogens with one attached hydrogen (secondary N) is 2. The Morgan fingerprint density at radius 1 is 1.00 bits per heavy atom. The van der Waals surface area contributed by atoms with Crippen molar-refractivity contribution in [3.63, 3.8) is 0 Å². The number of benzene rings is 1. The number of rotatable bonds is 12. The van der Waals surface area contributed by atoms with E-state index in [9.17, 15) is 0 Å². The zero-order valence-electron chi connectivity index (χ0n) is 14.6. The summed E-state index contributed by atoms with van der Waals surface area (Å²) in [6.07, 6.45) is 5.06. The summed E-state index contributed by atoms with van der Waals surface area (Å²) in [4.78, 5) is 8.19. The summed E-state index contributed by atoms with van der Waals surface area (Å²) in [5, 5.41) is 10.2. The molecule has 0 aliphatic carbocycles. The highest BCUT2D eigenvalue weighted by Crippen LogP contribution is 2.11. The van der Waals surface area contributed by atoms with Crippen LogP contribution >= 0.6 is 0 Å². The van der Waals surface area contributed by atoms with Crippen molar-refractivity contribution in [2.45, 2.75) is 25.7 Å². The highest BCUT2D eigenvalue weighted by molar-refractivity contribution is 5.77. The van der Waals surface area contributed by atoms with E-state index in [1.165, 1.54) is 6.21 Å². The highest BCUT2D eigenvalue weighted by atomic mass is 16.5. The van der Waals surface area contributed by atoms with Crippen LogP contribution in [0, 0.1) is 5.41 Å². The van der Waals surface area contributed by atoms with E-state index in [2.05, 4.69) is 15.3 Å². The third kappa shape index (κ3) is 10.6. The van der Waals surface area contributed by atoms with Crippen LogP contribution in [0.15, 0.2) is 34.3 Å². The molecule has 0 heterocycles. The Morgan fingerprint density at radius 2 is 1.72 bits per heavy atom. The fourth-order valence-electron chi connectivity index (χ4n) is 2.01. The molecule has 8 heteroatoms. The third-order valence-electron chi connectivity index (χ3n) is 3.34. The maximum Gasteiger partial charge on any atom is 0.188 e. The first-order valence-electron chi connectivity index (χ1n) is 8.44. The first-order valence-corrected chi connectivity index (χ1v) is 8.44. The molecule has 8 nitrogen and oxygen atoms in total. The van der Waals surface area contributed by atoms with E-state index < -0.39 is 0 Å². The van der Waals surface area contributed by atoms with Crippen LogP contribution in [0.25, 0.3) is 0 Å². The Kier molecular flexibility index (Phi) is 10.2. The van der Waals surface area contributed by atoms with Gasteiger partial charge in [0.25, 0.3) is 0 Å². The van der Waals surface area contributed by atoms with Gasteiger partial charge in [0, 0.05) is 32.3 Å². The van der Waals surface area contributed by atoms with Gasteiger partial charge in [0.2, 0.25) is 0 Å². The van der Waals surface area contributed by atoms with Crippen LogP contribution in [-0.2, 0) is 0 Å². The van der Waals surface area contributed by atoms with Gasteiger partial charge in [-0.25, -0.2) is 0 Å². The Balaban J connectivity index is 2.03. The second-order valence-corrected chi connectivity index (χ2v) is 5.48. The average Bonchev–Trinajstić information content (AvgIpc) is 2.61. The van der Waals surface area contributed by atoms with Crippen molar-refractivity contribution in [3.8, 4) is 5.75 Å². The quantitative estimate of drug-likeness (QED) is 0.215. The van der Waals surface area contributed by atoms with Crippen LogP contribution in [0.2, 0.25) is 0 Å². The van der Waals surface area contributed by atoms with Crippen LogP contribution in [0.4, 0.5) is 0 Å². The summed E-state index contributed by atoms with van der Waals surface area (Å²) in [6.45, 7) is 2.64. The topological polar surface area (TPSA) is 148 Å². The van der Waals surface area contributed by atoms with Gasteiger partial charge >= 0.3 is 0 Å². The lowest BCUT2D eigenvalue weighted by Gasteiger charge is -2.07. The van der Waals surface area contributed by atoms with Gasteiger partial charge in [-0.2, -0.15) is 0 Å². The molecule has 0 saturated heterocycles. The second kappa shape index (κ2) is 12.6. The fraction of sp³-hybridized carbons (Fsp3) is 0.471. The van der Waals surface area contributed by atoms with E-state index in [-0.39, 0.29) is 5.96 Å². The maximum absolute atomic E-state index is 7.14. The summed E-state index contributed by atoms with van der Waals surface area (Å²) in [5.41, 5.74) is 17.2. The van der Waals surface area contributed by atoms with Gasteiger partial charge in [0.1, 0.15) is 5.75 Å². The molecule has 1 aromatic carbocycles. The number of aliphatic imine (C=N–C) groups is 2. The Morgan fingerprint density at radius 3 is 2.40 bits per heavy atom. The fourth-order valence-corrected chi connectivity index (χ4v) is 2.01. The van der Waals surface area contributed by atoms with Crippen LogP contribution in [0.3, 0.4) is 0 Å². The van der Waals surface area contributed by atoms with Gasteiger partial charge in [-0.05, 0) is 49.1 Å². The van der Waals surface area contributed by atoms with Crippen LogP contribution in [-0.4, -0.2) is 44.4 Å². The largest absolute Gasteiger partial charge is 0.494 e. The number of guanidine groups is 2. The van der Waals surface area contributed by atoms with E-state index in [0.717, 1.165) is 43.5 Å². The minimum absolute atomic E-state index is 0.141. The van der Waals surface area contributed by atoms with E-state index in [1.807, 2.05) is 24.3 Å². The normalized spacial score (nSPS) is 11.0. The van der Waals surface area contributed by atoms with Crippen molar-refractivity contribution in [3.05, 3.63) is 29.8 Å². The molecule has 1 aromatic rings. The van der Waals surface area contributed by atoms with Crippen LogP contribution < -0.4 is 27.3 Å². The van der Waals surface area contributed by atoms with E-state index in [0.29, 0.717) is 25.7 Å². The minimum atomic E-state index is 0.141. The first kappa shape index (κ1) is 20.3. The lowest BCUT2D eigenvalue weighted by Crippen LogP contribution is -2.32. The van der Waals surface area contributed by atoms with Gasteiger partial charge in [-0.1, -0.05) is 0 Å². The smallest absolute Gasteiger partial charge is 0.188 e. The summed E-state index contributed by atoms with van der Waals surface area (Å²) in [7, 11) is 0. The highest BCUT2D eigenvalue weighted by Gasteiger charge is 1.95. The molecular weight excluding hydrogens is 318 g/mol. The zero-order valence-corrected chi connectivity index (χ0v) is 14.6. The predicted molar refractivity (Wildman–Crippen MR) is 103 cm³/mol. The van der Waals surface area contributed by atoms with E-state index >= 15 is 0 Å². The zero-order chi connectivity index (χ0) is 18.3. The molecule has 25 heavy (non-hydrogen) atoms. The number of hydrogen-bond donors (Lipinski definition) is 5. The number of nitrogens with zero attached hydrogens (tertiary/aromatic N) is 2. The summed E-state index contributed by atoms with van der Waals surface area (Å²) in [5.74, 6) is 1.39. The summed E-state index contributed by atoms with van der Waals surface area (Å²) >= 11 is 0. The standard InChI is InChI=1S/C17H29N7O/c18-13-14-5-7-15(8-6-14)25-12-4-11-24-17(21)23-10-3-1-2-9-22-16(19)20/h5-8,13,18H,1-4,9-12H2,(H4,19,20,22)(H3,21,23,24). The van der Waals surface area contributed by atoms with Crippen molar-refractivity contribution < 1.29 is 4.74 Å². The molecule has 1 rings (SSSR count). The number of ether oxygens (including phenoxy) is 1. The van der Waals surface area contributed by atoms with Gasteiger partial charge in [-0.15, -0.1) is 0 Å². The van der Waals surface area contributed by atoms with Gasteiger partial charge in [0.05, 0.1) is 6.61 Å². The lowest BCUT2D eigenvalue weighted by atomic mass is 10.2. The molecule has 0 unspecified atom stereocenters. The van der Waals surface area contributed by atoms with E-state index in [4.69, 9.17) is 27.3 Å². The second-order valence-electron chi connectivity index (χ2n) is 5.48. The van der Waals surface area contributed by atoms with Crippen molar-refractivity contribution in [1.82, 2.24) is 5.32 Å². The van der Waals surface area contributed by atoms with Gasteiger partial charge < -0.3 is 32.7 Å². The van der Waals surface area contributed by atoms with Gasteiger partial charge in [-0.3, -0.25) is 9.98 Å². The SMILES string of the molecule is N=Cc1ccc(OCCCN=C(N)NCCCCCN=C(N)N)cc1. The maximum atomic E-state index is 7.14. The molecule has 0 bridgehead atoms. The Bertz CT molecular complexity index is 551. The molecular formula is C17H29N7O. The molecule has 0 radical (unpaired) electrons. The molecule has 8 N–H and O–H groups in total. The van der Waals surface area contributed by atoms with E-state index in [1.54, 1.807) is 0 Å². The Labute approximate surface area is 149 Å². The number of hydrogen-bond acceptors (Lipinski definition) is 4. The van der Waals surface area contributed by atoms with Crippen molar-refractivity contribution >= 4 is 18.1 Å². The monoisotopic (exact) mass is 347 g/mol. The first-order chi connectivity index (χ1) is 12.1. The lowest BCUT2D eigenvalue weighted by molar-refractivity contribution is 0.313. The molecule has 0 aromatic heterocycles. The van der Waals surface area contributed by atoms with Crippen LogP contribution in [0.1, 0.15) is 31.2 Å².